The van der Waals surface area contributed by atoms with Crippen molar-refractivity contribution in [3.8, 4) is 5.75 Å². The lowest BCUT2D eigenvalue weighted by atomic mass is 10.1. The van der Waals surface area contributed by atoms with Crippen LogP contribution in [0.15, 0.2) is 48.5 Å². The molecule has 2 aromatic rings. The molecule has 6 heteroatoms. The molecule has 0 aliphatic rings. The monoisotopic (exact) mass is 444 g/mol. The molecular weight excluding hydrogens is 412 g/mol. The van der Waals surface area contributed by atoms with Gasteiger partial charge in [0.1, 0.15) is 11.8 Å². The maximum Gasteiger partial charge on any atom is 0.243 e. The first kappa shape index (κ1) is 24.7. The summed E-state index contributed by atoms with van der Waals surface area (Å²) in [5.41, 5.74) is 2.16. The Morgan fingerprint density at radius 1 is 1.06 bits per heavy atom. The highest BCUT2D eigenvalue weighted by Gasteiger charge is 2.28. The van der Waals surface area contributed by atoms with Crippen molar-refractivity contribution in [3.63, 3.8) is 0 Å². The Balaban J connectivity index is 2.04. The molecule has 31 heavy (non-hydrogen) atoms. The van der Waals surface area contributed by atoms with E-state index in [1.54, 1.807) is 29.2 Å². The molecule has 0 saturated carbocycles. The standard InChI is InChI=1S/C25H33ClN2O3/c1-5-23(25(30)27-18(2)3)28(17-20-10-8-19(4)9-11-20)24(29)7-6-16-31-22-14-12-21(26)13-15-22/h8-15,18,23H,5-7,16-17H2,1-4H3,(H,27,30)/t23-/m1/s1. The molecule has 0 aliphatic carbocycles. The van der Waals surface area contributed by atoms with E-state index in [9.17, 15) is 9.59 Å². The van der Waals surface area contributed by atoms with Crippen molar-refractivity contribution in [2.45, 2.75) is 65.6 Å². The number of benzene rings is 2. The van der Waals surface area contributed by atoms with Crippen molar-refractivity contribution >= 4 is 23.4 Å². The fraction of sp³-hybridized carbons (Fsp3) is 0.440. The Labute approximate surface area is 190 Å². The molecule has 1 atom stereocenters. The Kier molecular flexibility index (Phi) is 9.86. The number of rotatable bonds is 11. The number of aryl methyl sites for hydroxylation is 1. The lowest BCUT2D eigenvalue weighted by Crippen LogP contribution is -2.50. The summed E-state index contributed by atoms with van der Waals surface area (Å²) in [6.07, 6.45) is 1.43. The van der Waals surface area contributed by atoms with Crippen LogP contribution in [-0.4, -0.2) is 35.4 Å². The molecule has 0 spiro atoms. The second-order valence-corrected chi connectivity index (χ2v) is 8.44. The van der Waals surface area contributed by atoms with E-state index < -0.39 is 6.04 Å². The van der Waals surface area contributed by atoms with Gasteiger partial charge in [0.2, 0.25) is 11.8 Å². The van der Waals surface area contributed by atoms with Crippen molar-refractivity contribution in [2.24, 2.45) is 0 Å². The van der Waals surface area contributed by atoms with Gasteiger partial charge in [-0.1, -0.05) is 48.4 Å². The third kappa shape index (κ3) is 8.25. The minimum atomic E-state index is -0.506. The fourth-order valence-corrected chi connectivity index (χ4v) is 3.40. The van der Waals surface area contributed by atoms with Gasteiger partial charge in [-0.2, -0.15) is 0 Å². The highest BCUT2D eigenvalue weighted by Crippen LogP contribution is 2.17. The van der Waals surface area contributed by atoms with Gasteiger partial charge in [0, 0.05) is 24.0 Å². The molecule has 0 aliphatic heterocycles. The summed E-state index contributed by atoms with van der Waals surface area (Å²) in [6, 6.07) is 14.7. The second-order valence-electron chi connectivity index (χ2n) is 8.00. The third-order valence-electron chi connectivity index (χ3n) is 4.91. The topological polar surface area (TPSA) is 58.6 Å². The van der Waals surface area contributed by atoms with E-state index in [2.05, 4.69) is 5.32 Å². The summed E-state index contributed by atoms with van der Waals surface area (Å²) in [7, 11) is 0. The first-order chi connectivity index (χ1) is 14.8. The molecular formula is C25H33ClN2O3. The number of carbonyl (C=O) groups is 2. The predicted molar refractivity (Wildman–Crippen MR) is 125 cm³/mol. The van der Waals surface area contributed by atoms with Crippen LogP contribution in [0, 0.1) is 6.92 Å². The van der Waals surface area contributed by atoms with Crippen molar-refractivity contribution in [1.82, 2.24) is 10.2 Å². The molecule has 0 fully saturated rings. The van der Waals surface area contributed by atoms with E-state index in [4.69, 9.17) is 16.3 Å². The Bertz CT molecular complexity index is 835. The van der Waals surface area contributed by atoms with Gasteiger partial charge < -0.3 is 15.0 Å². The van der Waals surface area contributed by atoms with Crippen molar-refractivity contribution in [2.75, 3.05) is 6.61 Å². The molecule has 168 valence electrons. The predicted octanol–water partition coefficient (Wildman–Crippen LogP) is 5.14. The highest BCUT2D eigenvalue weighted by atomic mass is 35.5. The van der Waals surface area contributed by atoms with Gasteiger partial charge >= 0.3 is 0 Å². The summed E-state index contributed by atoms with van der Waals surface area (Å²) < 4.78 is 5.70. The van der Waals surface area contributed by atoms with Crippen LogP contribution in [0.25, 0.3) is 0 Å². The molecule has 0 saturated heterocycles. The SMILES string of the molecule is CC[C@H](C(=O)NC(C)C)N(Cc1ccc(C)cc1)C(=O)CCCOc1ccc(Cl)cc1. The molecule has 5 nitrogen and oxygen atoms in total. The molecule has 1 N–H and O–H groups in total. The molecule has 0 aromatic heterocycles. The molecule has 0 heterocycles. The molecule has 0 radical (unpaired) electrons. The van der Waals surface area contributed by atoms with Gasteiger partial charge in [-0.15, -0.1) is 0 Å². The smallest absolute Gasteiger partial charge is 0.243 e. The quantitative estimate of drug-likeness (QED) is 0.488. The summed E-state index contributed by atoms with van der Waals surface area (Å²) in [6.45, 7) is 8.62. The van der Waals surface area contributed by atoms with Gasteiger partial charge in [0.25, 0.3) is 0 Å². The largest absolute Gasteiger partial charge is 0.494 e. The summed E-state index contributed by atoms with van der Waals surface area (Å²) >= 11 is 5.89. The van der Waals surface area contributed by atoms with E-state index in [-0.39, 0.29) is 17.9 Å². The minimum absolute atomic E-state index is 0.0191. The van der Waals surface area contributed by atoms with Gasteiger partial charge in [0.05, 0.1) is 6.61 Å². The normalized spacial score (nSPS) is 11.8. The number of nitrogens with zero attached hydrogens (tertiary/aromatic N) is 1. The van der Waals surface area contributed by atoms with E-state index in [1.165, 1.54) is 0 Å². The third-order valence-corrected chi connectivity index (χ3v) is 5.16. The molecule has 2 amide bonds. The van der Waals surface area contributed by atoms with E-state index in [0.29, 0.717) is 37.4 Å². The van der Waals surface area contributed by atoms with Gasteiger partial charge in [-0.25, -0.2) is 0 Å². The van der Waals surface area contributed by atoms with Gasteiger partial charge in [-0.3, -0.25) is 9.59 Å². The first-order valence-corrected chi connectivity index (χ1v) is 11.2. The molecule has 2 aromatic carbocycles. The Hall–Kier alpha value is -2.53. The van der Waals surface area contributed by atoms with Crippen LogP contribution in [0.4, 0.5) is 0 Å². The zero-order valence-corrected chi connectivity index (χ0v) is 19.6. The van der Waals surface area contributed by atoms with Gasteiger partial charge in [0.15, 0.2) is 0 Å². The average molecular weight is 445 g/mol. The number of hydrogen-bond donors (Lipinski definition) is 1. The lowest BCUT2D eigenvalue weighted by Gasteiger charge is -2.31. The zero-order chi connectivity index (χ0) is 22.8. The maximum atomic E-state index is 13.1. The summed E-state index contributed by atoms with van der Waals surface area (Å²) in [5.74, 6) is 0.553. The first-order valence-electron chi connectivity index (χ1n) is 10.8. The van der Waals surface area contributed by atoms with Crippen LogP contribution < -0.4 is 10.1 Å². The van der Waals surface area contributed by atoms with Crippen molar-refractivity contribution in [1.29, 1.82) is 0 Å². The Morgan fingerprint density at radius 2 is 1.71 bits per heavy atom. The maximum absolute atomic E-state index is 13.1. The van der Waals surface area contributed by atoms with Crippen molar-refractivity contribution < 1.29 is 14.3 Å². The second kappa shape index (κ2) is 12.4. The number of ether oxygens (including phenoxy) is 1. The lowest BCUT2D eigenvalue weighted by molar-refractivity contribution is -0.141. The minimum Gasteiger partial charge on any atom is -0.494 e. The molecule has 0 bridgehead atoms. The Morgan fingerprint density at radius 3 is 2.29 bits per heavy atom. The highest BCUT2D eigenvalue weighted by molar-refractivity contribution is 6.30. The number of amides is 2. The van der Waals surface area contributed by atoms with E-state index >= 15 is 0 Å². The zero-order valence-electron chi connectivity index (χ0n) is 18.9. The number of nitrogens with one attached hydrogen (secondary N) is 1. The molecule has 2 rings (SSSR count). The van der Waals surface area contributed by atoms with E-state index in [1.807, 2.05) is 52.0 Å². The fourth-order valence-electron chi connectivity index (χ4n) is 3.28. The molecule has 0 unspecified atom stereocenters. The summed E-state index contributed by atoms with van der Waals surface area (Å²) in [4.78, 5) is 27.6. The summed E-state index contributed by atoms with van der Waals surface area (Å²) in [5, 5.41) is 3.60. The van der Waals surface area contributed by atoms with Crippen LogP contribution in [0.5, 0.6) is 5.75 Å². The van der Waals surface area contributed by atoms with Crippen LogP contribution in [0.2, 0.25) is 5.02 Å². The number of halogens is 1. The van der Waals surface area contributed by atoms with Crippen molar-refractivity contribution in [3.05, 3.63) is 64.7 Å². The van der Waals surface area contributed by atoms with Crippen LogP contribution in [-0.2, 0) is 16.1 Å². The number of carbonyl (C=O) groups excluding carboxylic acids is 2. The van der Waals surface area contributed by atoms with Crippen LogP contribution >= 0.6 is 11.6 Å². The van der Waals surface area contributed by atoms with E-state index in [0.717, 1.165) is 16.9 Å². The van der Waals surface area contributed by atoms with Crippen LogP contribution in [0.1, 0.15) is 51.2 Å². The number of hydrogen-bond acceptors (Lipinski definition) is 3. The average Bonchev–Trinajstić information content (AvgIpc) is 2.73. The van der Waals surface area contributed by atoms with Gasteiger partial charge in [-0.05, 0) is 63.4 Å². The van der Waals surface area contributed by atoms with Crippen LogP contribution in [0.3, 0.4) is 0 Å².